The number of furan rings is 1. The van der Waals surface area contributed by atoms with E-state index in [4.69, 9.17) is 14.1 Å². The van der Waals surface area contributed by atoms with E-state index in [1.807, 2.05) is 38.1 Å². The average molecular weight is 701 g/mol. The molecule has 0 aliphatic rings. The number of anilines is 1. The van der Waals surface area contributed by atoms with Crippen molar-refractivity contribution in [3.8, 4) is 17.1 Å². The third kappa shape index (κ3) is 9.09. The van der Waals surface area contributed by atoms with Gasteiger partial charge in [-0.1, -0.05) is 65.0 Å². The minimum atomic E-state index is -4.22. The maximum atomic E-state index is 13.5. The van der Waals surface area contributed by atoms with Gasteiger partial charge in [0.2, 0.25) is 17.5 Å². The van der Waals surface area contributed by atoms with Gasteiger partial charge in [-0.15, -0.1) is 0 Å². The van der Waals surface area contributed by atoms with Gasteiger partial charge in [0.15, 0.2) is 5.78 Å². The second-order valence-electron chi connectivity index (χ2n) is 13.9. The fourth-order valence-corrected chi connectivity index (χ4v) is 6.60. The van der Waals surface area contributed by atoms with Crippen molar-refractivity contribution in [2.45, 2.75) is 78.3 Å². The standard InChI is InChI=1S/C37H44N6O6S/c1-22(2)32-15-30-35(49-32)39-19-27(40-30)18-38-26(17-37(5,6)7)21-48-33-16-29(34-23(3)10-8-11-24(34)4)41-36(42-33)43-50(46,47)28-13-9-12-25(14-28)31(45)20-44/h8-16,19,22,26,38,44H,17-18,20-21H2,1-7H3,(H,41,42,43)/t26-/m1/s1. The van der Waals surface area contributed by atoms with Crippen molar-refractivity contribution in [1.29, 1.82) is 0 Å². The van der Waals surface area contributed by atoms with Crippen LogP contribution in [0.4, 0.5) is 5.95 Å². The number of carbonyl (C=O) groups excluding carboxylic acids is 1. The van der Waals surface area contributed by atoms with Crippen LogP contribution in [0.2, 0.25) is 0 Å². The van der Waals surface area contributed by atoms with Crippen LogP contribution in [0.15, 0.2) is 70.1 Å². The summed E-state index contributed by atoms with van der Waals surface area (Å²) in [4.78, 5) is 30.1. The molecule has 0 radical (unpaired) electrons. The van der Waals surface area contributed by atoms with E-state index in [1.54, 1.807) is 12.3 Å². The zero-order valence-electron chi connectivity index (χ0n) is 29.4. The molecule has 2 aromatic carbocycles. The summed E-state index contributed by atoms with van der Waals surface area (Å²) in [5, 5.41) is 12.8. The number of hydrogen-bond acceptors (Lipinski definition) is 11. The Morgan fingerprint density at radius 1 is 1.00 bits per heavy atom. The molecule has 5 rings (SSSR count). The van der Waals surface area contributed by atoms with E-state index < -0.39 is 22.4 Å². The van der Waals surface area contributed by atoms with E-state index in [-0.39, 0.29) is 46.3 Å². The van der Waals surface area contributed by atoms with E-state index in [0.29, 0.717) is 23.5 Å². The van der Waals surface area contributed by atoms with E-state index in [0.717, 1.165) is 34.6 Å². The molecule has 12 nitrogen and oxygen atoms in total. The first-order chi connectivity index (χ1) is 23.6. The maximum Gasteiger partial charge on any atom is 0.264 e. The Morgan fingerprint density at radius 2 is 1.72 bits per heavy atom. The number of aliphatic hydroxyl groups excluding tert-OH is 1. The lowest BCUT2D eigenvalue weighted by Crippen LogP contribution is -2.37. The van der Waals surface area contributed by atoms with Gasteiger partial charge in [0, 0.05) is 41.8 Å². The van der Waals surface area contributed by atoms with Crippen LogP contribution in [0.3, 0.4) is 0 Å². The van der Waals surface area contributed by atoms with Crippen LogP contribution < -0.4 is 14.8 Å². The number of Topliss-reactive ketones (excluding diaryl/α,β-unsaturated/α-hetero) is 1. The number of hydrogen-bond donors (Lipinski definition) is 3. The quantitative estimate of drug-likeness (QED) is 0.110. The Balaban J connectivity index is 1.42. The van der Waals surface area contributed by atoms with Gasteiger partial charge in [0.25, 0.3) is 10.0 Å². The zero-order valence-corrected chi connectivity index (χ0v) is 30.3. The number of aliphatic hydroxyl groups is 1. The first-order valence-electron chi connectivity index (χ1n) is 16.5. The van der Waals surface area contributed by atoms with Crippen molar-refractivity contribution in [3.05, 3.63) is 88.9 Å². The Bertz CT molecular complexity index is 2090. The molecule has 0 aliphatic heterocycles. The highest BCUT2D eigenvalue weighted by molar-refractivity contribution is 7.92. The lowest BCUT2D eigenvalue weighted by Gasteiger charge is -2.27. The van der Waals surface area contributed by atoms with Crippen molar-refractivity contribution in [2.75, 3.05) is 17.9 Å². The monoisotopic (exact) mass is 700 g/mol. The van der Waals surface area contributed by atoms with Gasteiger partial charge in [-0.3, -0.25) is 4.79 Å². The van der Waals surface area contributed by atoms with Crippen molar-refractivity contribution in [1.82, 2.24) is 25.3 Å². The molecule has 3 heterocycles. The Hall–Kier alpha value is -4.72. The molecular formula is C37H44N6O6S. The van der Waals surface area contributed by atoms with Crippen LogP contribution in [0.25, 0.3) is 22.5 Å². The lowest BCUT2D eigenvalue weighted by molar-refractivity contribution is 0.0903. The lowest BCUT2D eigenvalue weighted by atomic mass is 9.88. The van der Waals surface area contributed by atoms with Gasteiger partial charge in [-0.25, -0.2) is 28.1 Å². The van der Waals surface area contributed by atoms with Crippen LogP contribution >= 0.6 is 0 Å². The van der Waals surface area contributed by atoms with Crippen LogP contribution in [0.5, 0.6) is 5.88 Å². The number of carbonyl (C=O) groups is 1. The van der Waals surface area contributed by atoms with E-state index in [1.165, 1.54) is 24.3 Å². The number of aromatic nitrogens is 4. The molecule has 1 atom stereocenters. The van der Waals surface area contributed by atoms with Crippen molar-refractivity contribution in [3.63, 3.8) is 0 Å². The number of ether oxygens (including phenoxy) is 1. The molecule has 0 bridgehead atoms. The zero-order chi connectivity index (χ0) is 36.2. The number of sulfonamides is 1. The number of nitrogens with one attached hydrogen (secondary N) is 2. The number of aryl methyl sites for hydroxylation is 2. The molecule has 3 aromatic heterocycles. The third-order valence-corrected chi connectivity index (χ3v) is 9.34. The van der Waals surface area contributed by atoms with Crippen LogP contribution in [-0.2, 0) is 16.6 Å². The molecule has 264 valence electrons. The van der Waals surface area contributed by atoms with Gasteiger partial charge < -0.3 is 19.6 Å². The third-order valence-electron chi connectivity index (χ3n) is 8.02. The summed E-state index contributed by atoms with van der Waals surface area (Å²) in [7, 11) is -4.22. The fraction of sp³-hybridized carbons (Fsp3) is 0.378. The fourth-order valence-electron chi connectivity index (χ4n) is 5.61. The SMILES string of the molecule is Cc1cccc(C)c1-c1cc(OC[C@@H](CC(C)(C)C)NCc2cnc3oc(C(C)C)cc3n2)nc(NS(=O)(=O)c2cccc(C(=O)CO)c2)n1. The van der Waals surface area contributed by atoms with Crippen LogP contribution in [0.1, 0.15) is 79.9 Å². The minimum Gasteiger partial charge on any atom is -0.476 e. The van der Waals surface area contributed by atoms with Gasteiger partial charge in [-0.05, 0) is 48.9 Å². The highest BCUT2D eigenvalue weighted by Gasteiger charge is 2.23. The summed E-state index contributed by atoms with van der Waals surface area (Å²) in [5.41, 5.74) is 5.20. The van der Waals surface area contributed by atoms with Crippen molar-refractivity contribution >= 4 is 33.0 Å². The minimum absolute atomic E-state index is 0.0464. The van der Waals surface area contributed by atoms with E-state index >= 15 is 0 Å². The molecule has 0 saturated heterocycles. The molecule has 0 saturated carbocycles. The summed E-state index contributed by atoms with van der Waals surface area (Å²) < 4.78 is 41.5. The number of ketones is 1. The van der Waals surface area contributed by atoms with Gasteiger partial charge in [0.05, 0.1) is 22.5 Å². The highest BCUT2D eigenvalue weighted by Crippen LogP contribution is 2.30. The van der Waals surface area contributed by atoms with E-state index in [9.17, 15) is 18.3 Å². The van der Waals surface area contributed by atoms with Crippen LogP contribution in [0, 0.1) is 19.3 Å². The molecule has 13 heteroatoms. The van der Waals surface area contributed by atoms with Gasteiger partial charge in [0.1, 0.15) is 24.5 Å². The first-order valence-corrected chi connectivity index (χ1v) is 17.9. The van der Waals surface area contributed by atoms with Crippen molar-refractivity contribution in [2.24, 2.45) is 5.41 Å². The highest BCUT2D eigenvalue weighted by atomic mass is 32.2. The molecular weight excluding hydrogens is 657 g/mol. The molecule has 0 spiro atoms. The average Bonchev–Trinajstić information content (AvgIpc) is 3.49. The predicted octanol–water partition coefficient (Wildman–Crippen LogP) is 6.37. The molecule has 0 fully saturated rings. The molecule has 5 aromatic rings. The Kier molecular flexibility index (Phi) is 11.0. The summed E-state index contributed by atoms with van der Waals surface area (Å²) in [5.74, 6) is 0.451. The van der Waals surface area contributed by atoms with Gasteiger partial charge in [-0.2, -0.15) is 4.98 Å². The predicted molar refractivity (Wildman–Crippen MR) is 192 cm³/mol. The van der Waals surface area contributed by atoms with E-state index in [2.05, 4.69) is 59.6 Å². The summed E-state index contributed by atoms with van der Waals surface area (Å²) in [6, 6.07) is 14.8. The smallest absolute Gasteiger partial charge is 0.264 e. The number of rotatable bonds is 14. The number of fused-ring (bicyclic) bond motifs is 1. The largest absolute Gasteiger partial charge is 0.476 e. The van der Waals surface area contributed by atoms with Crippen LogP contribution in [-0.4, -0.2) is 58.5 Å². The molecule has 0 unspecified atom stereocenters. The second-order valence-corrected chi connectivity index (χ2v) is 15.6. The number of nitrogens with zero attached hydrogens (tertiary/aromatic N) is 4. The summed E-state index contributed by atoms with van der Waals surface area (Å²) >= 11 is 0. The van der Waals surface area contributed by atoms with Gasteiger partial charge >= 0.3 is 0 Å². The number of benzene rings is 2. The summed E-state index contributed by atoms with van der Waals surface area (Å²) in [6.45, 7) is 14.4. The molecule has 0 amide bonds. The second kappa shape index (κ2) is 15.0. The summed E-state index contributed by atoms with van der Waals surface area (Å²) in [6.07, 6.45) is 2.45. The first kappa shape index (κ1) is 36.6. The topological polar surface area (TPSA) is 169 Å². The Labute approximate surface area is 292 Å². The molecule has 3 N–H and O–H groups in total. The molecule has 0 aliphatic carbocycles. The maximum absolute atomic E-state index is 13.5. The normalized spacial score (nSPS) is 12.7. The van der Waals surface area contributed by atoms with Crippen molar-refractivity contribution < 1.29 is 27.5 Å². The molecule has 50 heavy (non-hydrogen) atoms. The Morgan fingerprint density at radius 3 is 2.40 bits per heavy atom.